The van der Waals surface area contributed by atoms with Crippen LogP contribution >= 0.6 is 24.0 Å². The van der Waals surface area contributed by atoms with E-state index in [4.69, 9.17) is 4.42 Å². The lowest BCUT2D eigenvalue weighted by atomic mass is 10.1. The Bertz CT molecular complexity index is 894. The van der Waals surface area contributed by atoms with Crippen LogP contribution in [0.25, 0.3) is 0 Å². The molecule has 0 atom stereocenters. The molecule has 0 fully saturated rings. The third kappa shape index (κ3) is 7.26. The molecule has 154 valence electrons. The van der Waals surface area contributed by atoms with Crippen LogP contribution in [0.15, 0.2) is 70.5 Å². The molecular formula is C20H25IN6O2. The fourth-order valence-corrected chi connectivity index (χ4v) is 2.68. The largest absolute Gasteiger partial charge is 0.467 e. The van der Waals surface area contributed by atoms with E-state index in [0.29, 0.717) is 31.4 Å². The highest BCUT2D eigenvalue weighted by Gasteiger charge is 2.07. The summed E-state index contributed by atoms with van der Waals surface area (Å²) < 4.78 is 7.07. The lowest BCUT2D eigenvalue weighted by Crippen LogP contribution is -2.42. The van der Waals surface area contributed by atoms with Crippen LogP contribution in [0.3, 0.4) is 0 Å². The number of rotatable bonds is 8. The van der Waals surface area contributed by atoms with Crippen molar-refractivity contribution in [2.75, 3.05) is 13.6 Å². The van der Waals surface area contributed by atoms with Gasteiger partial charge < -0.3 is 20.4 Å². The first-order chi connectivity index (χ1) is 13.7. The first kappa shape index (κ1) is 22.5. The van der Waals surface area contributed by atoms with Gasteiger partial charge in [0, 0.05) is 26.0 Å². The first-order valence-electron chi connectivity index (χ1n) is 9.02. The van der Waals surface area contributed by atoms with Crippen LogP contribution in [0, 0.1) is 0 Å². The Morgan fingerprint density at radius 2 is 1.90 bits per heavy atom. The third-order valence-electron chi connectivity index (χ3n) is 4.14. The second-order valence-corrected chi connectivity index (χ2v) is 6.11. The molecule has 3 aromatic rings. The maximum absolute atomic E-state index is 12.0. The molecule has 0 radical (unpaired) electrons. The van der Waals surface area contributed by atoms with Gasteiger partial charge in [0.2, 0.25) is 5.91 Å². The molecule has 0 spiro atoms. The Hall–Kier alpha value is -2.82. The summed E-state index contributed by atoms with van der Waals surface area (Å²) in [5.41, 5.74) is 2.31. The fourth-order valence-electron chi connectivity index (χ4n) is 2.68. The quantitative estimate of drug-likeness (QED) is 0.246. The summed E-state index contributed by atoms with van der Waals surface area (Å²) in [5, 5.41) is 13.3. The van der Waals surface area contributed by atoms with E-state index in [0.717, 1.165) is 5.56 Å². The summed E-state index contributed by atoms with van der Waals surface area (Å²) in [5.74, 6) is 1.13. The number of carbonyl (C=O) groups is 1. The van der Waals surface area contributed by atoms with Crippen molar-refractivity contribution in [1.82, 2.24) is 25.7 Å². The SMILES string of the molecule is CN=C(NCC(=O)NCc1ccco1)NCc1ccccc1Cn1cccn1.I. The minimum Gasteiger partial charge on any atom is -0.467 e. The standard InChI is InChI=1S/C20H24N6O2.HI/c1-21-20(24-14-19(27)22-13-18-8-4-11-28-18)23-12-16-6-2-3-7-17(16)15-26-10-5-9-25-26;/h2-11H,12-15H2,1H3,(H,22,27)(H2,21,23,24);1H. The lowest BCUT2D eigenvalue weighted by molar-refractivity contribution is -0.120. The molecule has 0 unspecified atom stereocenters. The molecule has 8 nitrogen and oxygen atoms in total. The van der Waals surface area contributed by atoms with Crippen LogP contribution < -0.4 is 16.0 Å². The number of furan rings is 1. The molecular weight excluding hydrogens is 483 g/mol. The number of nitrogens with zero attached hydrogens (tertiary/aromatic N) is 3. The smallest absolute Gasteiger partial charge is 0.239 e. The third-order valence-corrected chi connectivity index (χ3v) is 4.14. The molecule has 2 aromatic heterocycles. The van der Waals surface area contributed by atoms with Gasteiger partial charge in [-0.2, -0.15) is 5.10 Å². The number of hydrogen-bond donors (Lipinski definition) is 3. The van der Waals surface area contributed by atoms with E-state index >= 15 is 0 Å². The van der Waals surface area contributed by atoms with Crippen LogP contribution in [-0.2, 0) is 24.4 Å². The van der Waals surface area contributed by atoms with Crippen molar-refractivity contribution >= 4 is 35.8 Å². The average Bonchev–Trinajstić information content (AvgIpc) is 3.41. The molecule has 29 heavy (non-hydrogen) atoms. The summed E-state index contributed by atoms with van der Waals surface area (Å²) in [7, 11) is 1.67. The van der Waals surface area contributed by atoms with Gasteiger partial charge in [0.15, 0.2) is 5.96 Å². The number of amides is 1. The highest BCUT2D eigenvalue weighted by Crippen LogP contribution is 2.10. The Morgan fingerprint density at radius 1 is 1.07 bits per heavy atom. The van der Waals surface area contributed by atoms with Crippen LogP contribution in [0.1, 0.15) is 16.9 Å². The molecule has 0 aliphatic heterocycles. The van der Waals surface area contributed by atoms with Gasteiger partial charge in [-0.15, -0.1) is 24.0 Å². The van der Waals surface area contributed by atoms with Crippen LogP contribution in [0.4, 0.5) is 0 Å². The minimum atomic E-state index is -0.140. The second-order valence-electron chi connectivity index (χ2n) is 6.11. The zero-order valence-corrected chi connectivity index (χ0v) is 18.5. The topological polar surface area (TPSA) is 96.5 Å². The van der Waals surface area contributed by atoms with Gasteiger partial charge in [0.25, 0.3) is 0 Å². The van der Waals surface area contributed by atoms with E-state index < -0.39 is 0 Å². The number of aliphatic imine (C=N–C) groups is 1. The molecule has 3 N–H and O–H groups in total. The van der Waals surface area contributed by atoms with E-state index in [1.807, 2.05) is 35.1 Å². The lowest BCUT2D eigenvalue weighted by Gasteiger charge is -2.14. The Morgan fingerprint density at radius 3 is 2.59 bits per heavy atom. The summed E-state index contributed by atoms with van der Waals surface area (Å²) in [6, 6.07) is 13.7. The van der Waals surface area contributed by atoms with E-state index in [2.05, 4.69) is 38.2 Å². The molecule has 9 heteroatoms. The van der Waals surface area contributed by atoms with Crippen molar-refractivity contribution in [3.63, 3.8) is 0 Å². The molecule has 0 aliphatic carbocycles. The molecule has 0 aliphatic rings. The highest BCUT2D eigenvalue weighted by molar-refractivity contribution is 14.0. The second kappa shape index (κ2) is 11.9. The van der Waals surface area contributed by atoms with Gasteiger partial charge in [-0.25, -0.2) is 0 Å². The fraction of sp³-hybridized carbons (Fsp3) is 0.250. The Balaban J connectivity index is 0.00000300. The number of guanidine groups is 1. The minimum absolute atomic E-state index is 0. The molecule has 0 saturated carbocycles. The number of halogens is 1. The predicted octanol–water partition coefficient (Wildman–Crippen LogP) is 2.12. The van der Waals surface area contributed by atoms with Gasteiger partial charge in [-0.3, -0.25) is 14.5 Å². The Labute approximate surface area is 186 Å². The summed E-state index contributed by atoms with van der Waals surface area (Å²) in [4.78, 5) is 16.1. The maximum atomic E-state index is 12.0. The zero-order valence-electron chi connectivity index (χ0n) is 16.2. The average molecular weight is 508 g/mol. The van der Waals surface area contributed by atoms with Crippen LogP contribution in [0.5, 0.6) is 0 Å². The number of carbonyl (C=O) groups excluding carboxylic acids is 1. The van der Waals surface area contributed by atoms with Gasteiger partial charge in [0.05, 0.1) is 25.9 Å². The number of benzene rings is 1. The summed E-state index contributed by atoms with van der Waals surface area (Å²) in [6.07, 6.45) is 5.28. The normalized spacial score (nSPS) is 10.9. The highest BCUT2D eigenvalue weighted by atomic mass is 127. The molecule has 1 aromatic carbocycles. The number of hydrogen-bond acceptors (Lipinski definition) is 4. The van der Waals surface area contributed by atoms with Crippen molar-refractivity contribution in [3.8, 4) is 0 Å². The number of nitrogens with one attached hydrogen (secondary N) is 3. The van der Waals surface area contributed by atoms with E-state index in [1.54, 1.807) is 25.6 Å². The van der Waals surface area contributed by atoms with Gasteiger partial charge in [-0.1, -0.05) is 24.3 Å². The van der Waals surface area contributed by atoms with Crippen molar-refractivity contribution in [2.24, 2.45) is 4.99 Å². The van der Waals surface area contributed by atoms with Crippen molar-refractivity contribution < 1.29 is 9.21 Å². The zero-order chi connectivity index (χ0) is 19.6. The van der Waals surface area contributed by atoms with Crippen molar-refractivity contribution in [1.29, 1.82) is 0 Å². The maximum Gasteiger partial charge on any atom is 0.239 e. The molecule has 1 amide bonds. The summed E-state index contributed by atoms with van der Waals surface area (Å²) >= 11 is 0. The Kier molecular flexibility index (Phi) is 9.22. The van der Waals surface area contributed by atoms with E-state index in [1.165, 1.54) is 5.56 Å². The molecule has 0 saturated heterocycles. The van der Waals surface area contributed by atoms with Gasteiger partial charge >= 0.3 is 0 Å². The summed E-state index contributed by atoms with van der Waals surface area (Å²) in [6.45, 7) is 1.77. The molecule has 0 bridgehead atoms. The van der Waals surface area contributed by atoms with E-state index in [-0.39, 0.29) is 36.4 Å². The van der Waals surface area contributed by atoms with E-state index in [9.17, 15) is 4.79 Å². The van der Waals surface area contributed by atoms with Gasteiger partial charge in [-0.05, 0) is 29.3 Å². The predicted molar refractivity (Wildman–Crippen MR) is 122 cm³/mol. The first-order valence-corrected chi connectivity index (χ1v) is 9.02. The molecule has 2 heterocycles. The monoisotopic (exact) mass is 508 g/mol. The molecule has 3 rings (SSSR count). The van der Waals surface area contributed by atoms with Crippen LogP contribution in [-0.4, -0.2) is 35.2 Å². The van der Waals surface area contributed by atoms with Crippen molar-refractivity contribution in [3.05, 3.63) is 78.0 Å². The number of aromatic nitrogens is 2. The van der Waals surface area contributed by atoms with Crippen LogP contribution in [0.2, 0.25) is 0 Å². The van der Waals surface area contributed by atoms with Gasteiger partial charge in [0.1, 0.15) is 5.76 Å². The van der Waals surface area contributed by atoms with Crippen molar-refractivity contribution in [2.45, 2.75) is 19.6 Å².